The Balaban J connectivity index is 1.71. The maximum Gasteiger partial charge on any atom is 0.356 e. The molecule has 0 saturated carbocycles. The molecule has 13 heteroatoms. The summed E-state index contributed by atoms with van der Waals surface area (Å²) in [5.41, 5.74) is 9.01. The first-order valence-electron chi connectivity index (χ1n) is 8.61. The van der Waals surface area contributed by atoms with Gasteiger partial charge in [-0.15, -0.1) is 11.8 Å². The highest BCUT2D eigenvalue weighted by atomic mass is 32.2. The lowest BCUT2D eigenvalue weighted by atomic mass is 9.98. The number of nitro benzene ring substituents is 1. The van der Waals surface area contributed by atoms with Gasteiger partial charge in [0.05, 0.1) is 11.5 Å². The van der Waals surface area contributed by atoms with Crippen molar-refractivity contribution in [3.05, 3.63) is 61.0 Å². The Morgan fingerprint density at radius 1 is 1.33 bits per heavy atom. The van der Waals surface area contributed by atoms with E-state index in [-0.39, 0.29) is 31.1 Å². The Kier molecular flexibility index (Phi) is 6.23. The summed E-state index contributed by atoms with van der Waals surface area (Å²) in [7, 11) is 0. The first kappa shape index (κ1) is 21.1. The number of nitro groups is 1. The second-order valence-electron chi connectivity index (χ2n) is 6.29. The standard InChI is InChI=1S/C17H15N5O7S/c1-9(23)28-8-12-15(24)21-14(13(6-19-20-18)30-16(12)21)17(25)29-7-10-2-4-11(5-3-10)22(26)27/h2-5,12,16H,6-8H2,1H3/t12-,16-/m1/s1. The van der Waals surface area contributed by atoms with E-state index in [1.54, 1.807) is 0 Å². The molecule has 1 saturated heterocycles. The Morgan fingerprint density at radius 2 is 2.03 bits per heavy atom. The predicted octanol–water partition coefficient (Wildman–Crippen LogP) is 2.25. The molecular weight excluding hydrogens is 418 g/mol. The Hall–Kier alpha value is -3.57. The van der Waals surface area contributed by atoms with E-state index >= 15 is 0 Å². The smallest absolute Gasteiger partial charge is 0.356 e. The van der Waals surface area contributed by atoms with Crippen molar-refractivity contribution < 1.29 is 28.8 Å². The summed E-state index contributed by atoms with van der Waals surface area (Å²) >= 11 is 1.18. The first-order chi connectivity index (χ1) is 14.3. The highest BCUT2D eigenvalue weighted by molar-refractivity contribution is 8.04. The molecule has 0 bridgehead atoms. The number of rotatable bonds is 8. The van der Waals surface area contributed by atoms with Crippen LogP contribution in [-0.4, -0.2) is 46.2 Å². The molecule has 2 aliphatic heterocycles. The van der Waals surface area contributed by atoms with Gasteiger partial charge in [-0.25, -0.2) is 4.79 Å². The van der Waals surface area contributed by atoms with Gasteiger partial charge in [-0.1, -0.05) is 5.11 Å². The number of β-lactam (4-membered cyclic amide) rings is 1. The van der Waals surface area contributed by atoms with Crippen LogP contribution in [0.25, 0.3) is 10.4 Å². The highest BCUT2D eigenvalue weighted by Crippen LogP contribution is 2.49. The maximum atomic E-state index is 12.7. The summed E-state index contributed by atoms with van der Waals surface area (Å²) in [4.78, 5) is 50.6. The van der Waals surface area contributed by atoms with E-state index in [9.17, 15) is 24.5 Å². The molecule has 0 N–H and O–H groups in total. The van der Waals surface area contributed by atoms with Crippen molar-refractivity contribution in [2.75, 3.05) is 13.2 Å². The summed E-state index contributed by atoms with van der Waals surface area (Å²) in [5, 5.41) is 13.7. The van der Waals surface area contributed by atoms with Crippen molar-refractivity contribution in [1.82, 2.24) is 4.90 Å². The Morgan fingerprint density at radius 3 is 2.63 bits per heavy atom. The van der Waals surface area contributed by atoms with Crippen LogP contribution >= 0.6 is 11.8 Å². The molecule has 1 amide bonds. The van der Waals surface area contributed by atoms with Crippen molar-refractivity contribution in [1.29, 1.82) is 0 Å². The van der Waals surface area contributed by atoms with Gasteiger partial charge in [-0.05, 0) is 23.2 Å². The minimum absolute atomic E-state index is 0.0108. The number of nitrogens with zero attached hydrogens (tertiary/aromatic N) is 5. The van der Waals surface area contributed by atoms with Gasteiger partial charge in [0.25, 0.3) is 5.69 Å². The molecule has 12 nitrogen and oxygen atoms in total. The molecule has 30 heavy (non-hydrogen) atoms. The summed E-state index contributed by atoms with van der Waals surface area (Å²) in [6.07, 6.45) is 0. The number of azide groups is 1. The monoisotopic (exact) mass is 433 g/mol. The first-order valence-corrected chi connectivity index (χ1v) is 9.49. The zero-order valence-electron chi connectivity index (χ0n) is 15.6. The molecule has 0 radical (unpaired) electrons. The van der Waals surface area contributed by atoms with E-state index in [4.69, 9.17) is 15.0 Å². The third kappa shape index (κ3) is 4.21. The molecule has 0 aromatic heterocycles. The van der Waals surface area contributed by atoms with Crippen LogP contribution in [0, 0.1) is 16.0 Å². The molecule has 3 rings (SSSR count). The number of benzene rings is 1. The van der Waals surface area contributed by atoms with Gasteiger partial charge in [-0.2, -0.15) is 0 Å². The van der Waals surface area contributed by atoms with Gasteiger partial charge >= 0.3 is 11.9 Å². The van der Waals surface area contributed by atoms with E-state index in [2.05, 4.69) is 10.0 Å². The predicted molar refractivity (Wildman–Crippen MR) is 102 cm³/mol. The van der Waals surface area contributed by atoms with Crippen molar-refractivity contribution in [3.63, 3.8) is 0 Å². The van der Waals surface area contributed by atoms with Gasteiger partial charge < -0.3 is 9.47 Å². The highest BCUT2D eigenvalue weighted by Gasteiger charge is 2.56. The molecule has 2 heterocycles. The second kappa shape index (κ2) is 8.84. The van der Waals surface area contributed by atoms with Crippen LogP contribution in [-0.2, 0) is 30.5 Å². The van der Waals surface area contributed by atoms with Crippen LogP contribution in [0.15, 0.2) is 40.0 Å². The largest absolute Gasteiger partial charge is 0.465 e. The zero-order valence-corrected chi connectivity index (χ0v) is 16.4. The number of thioether (sulfide) groups is 1. The SMILES string of the molecule is CC(=O)OC[C@@H]1C(=O)N2C(C(=O)OCc3ccc([N+](=O)[O-])cc3)=C(CN=[N+]=[N-])S[C@H]12. The molecule has 0 aliphatic carbocycles. The average Bonchev–Trinajstić information content (AvgIpc) is 3.05. The van der Waals surface area contributed by atoms with Crippen LogP contribution < -0.4 is 0 Å². The minimum atomic E-state index is -0.786. The van der Waals surface area contributed by atoms with Crippen molar-refractivity contribution in [2.45, 2.75) is 18.9 Å². The number of amides is 1. The van der Waals surface area contributed by atoms with Gasteiger partial charge in [0, 0.05) is 28.9 Å². The summed E-state index contributed by atoms with van der Waals surface area (Å²) in [6, 6.07) is 5.48. The quantitative estimate of drug-likeness (QED) is 0.114. The van der Waals surface area contributed by atoms with E-state index in [1.165, 1.54) is 47.9 Å². The van der Waals surface area contributed by atoms with Crippen LogP contribution in [0.5, 0.6) is 0 Å². The van der Waals surface area contributed by atoms with Crippen LogP contribution in [0.2, 0.25) is 0 Å². The molecule has 1 fully saturated rings. The minimum Gasteiger partial charge on any atom is -0.465 e. The maximum absolute atomic E-state index is 12.7. The zero-order chi connectivity index (χ0) is 21.8. The lowest BCUT2D eigenvalue weighted by Crippen LogP contribution is -2.59. The van der Waals surface area contributed by atoms with Gasteiger partial charge in [0.1, 0.15) is 30.2 Å². The normalized spacial score (nSPS) is 19.5. The second-order valence-corrected chi connectivity index (χ2v) is 7.50. The van der Waals surface area contributed by atoms with Gasteiger partial charge in [0.2, 0.25) is 5.91 Å². The van der Waals surface area contributed by atoms with E-state index in [0.717, 1.165) is 0 Å². The summed E-state index contributed by atoms with van der Waals surface area (Å²) in [6.45, 7) is 0.824. The number of carbonyl (C=O) groups is 3. The van der Waals surface area contributed by atoms with E-state index < -0.39 is 34.1 Å². The molecule has 2 aliphatic rings. The molecule has 1 aromatic rings. The summed E-state index contributed by atoms with van der Waals surface area (Å²) < 4.78 is 10.2. The molecule has 0 spiro atoms. The average molecular weight is 433 g/mol. The summed E-state index contributed by atoms with van der Waals surface area (Å²) in [5.74, 6) is -2.31. The fourth-order valence-electron chi connectivity index (χ4n) is 2.94. The fraction of sp³-hybridized carbons (Fsp3) is 0.353. The third-order valence-corrected chi connectivity index (χ3v) is 5.76. The van der Waals surface area contributed by atoms with Crippen LogP contribution in [0.3, 0.4) is 0 Å². The van der Waals surface area contributed by atoms with Crippen molar-refractivity contribution >= 4 is 35.3 Å². The molecule has 0 unspecified atom stereocenters. The Labute approximate surface area is 173 Å². The lowest BCUT2D eigenvalue weighted by Gasteiger charge is -2.41. The molecule has 156 valence electrons. The number of ether oxygens (including phenoxy) is 2. The fourth-order valence-corrected chi connectivity index (χ4v) is 4.34. The van der Waals surface area contributed by atoms with Crippen LogP contribution in [0.4, 0.5) is 5.69 Å². The van der Waals surface area contributed by atoms with Crippen molar-refractivity contribution in [2.24, 2.45) is 11.0 Å². The van der Waals surface area contributed by atoms with E-state index in [0.29, 0.717) is 10.5 Å². The van der Waals surface area contributed by atoms with Crippen LogP contribution in [0.1, 0.15) is 12.5 Å². The lowest BCUT2D eigenvalue weighted by molar-refractivity contribution is -0.384. The number of fused-ring (bicyclic) bond motifs is 1. The third-order valence-electron chi connectivity index (χ3n) is 4.38. The van der Waals surface area contributed by atoms with Crippen molar-refractivity contribution in [3.8, 4) is 0 Å². The molecular formula is C17H15N5O7S. The number of carbonyl (C=O) groups excluding carboxylic acids is 3. The molecule has 2 atom stereocenters. The number of non-ortho nitro benzene ring substituents is 1. The van der Waals surface area contributed by atoms with E-state index in [1.807, 2.05) is 0 Å². The van der Waals surface area contributed by atoms with Gasteiger partial charge in [-0.3, -0.25) is 24.6 Å². The number of hydrogen-bond donors (Lipinski definition) is 0. The molecule has 1 aromatic carbocycles. The number of esters is 2. The van der Waals surface area contributed by atoms with Gasteiger partial charge in [0.15, 0.2) is 0 Å². The number of hydrogen-bond acceptors (Lipinski definition) is 9. The topological polar surface area (TPSA) is 165 Å². The Bertz CT molecular complexity index is 987.